The molecule has 4 nitrogen and oxygen atoms in total. The topological polar surface area (TPSA) is 42.5 Å². The standard InChI is InChI=1S/C16H26N2O2S/c1-11(14(19-5)20-6)17-15(21)18-13-9-7-12(8-10-13)16(2,3)4/h7-11,14H,1-6H3,(H2,17,18,21). The minimum absolute atomic E-state index is 0.0474. The Morgan fingerprint density at radius 3 is 2.05 bits per heavy atom. The minimum Gasteiger partial charge on any atom is -0.355 e. The van der Waals surface area contributed by atoms with Gasteiger partial charge in [0.25, 0.3) is 0 Å². The summed E-state index contributed by atoms with van der Waals surface area (Å²) in [5.74, 6) is 0. The SMILES string of the molecule is COC(OC)C(C)NC(=S)Nc1ccc(C(C)(C)C)cc1. The highest BCUT2D eigenvalue weighted by Gasteiger charge is 2.17. The molecule has 0 aromatic heterocycles. The van der Waals surface area contributed by atoms with Crippen molar-refractivity contribution in [3.63, 3.8) is 0 Å². The molecule has 1 atom stereocenters. The lowest BCUT2D eigenvalue weighted by Crippen LogP contribution is -2.44. The summed E-state index contributed by atoms with van der Waals surface area (Å²) in [4.78, 5) is 0. The van der Waals surface area contributed by atoms with Gasteiger partial charge in [0.15, 0.2) is 11.4 Å². The van der Waals surface area contributed by atoms with Gasteiger partial charge in [-0.2, -0.15) is 0 Å². The Hall–Kier alpha value is -1.17. The maximum absolute atomic E-state index is 5.30. The minimum atomic E-state index is -0.340. The van der Waals surface area contributed by atoms with Crippen LogP contribution in [0.1, 0.15) is 33.3 Å². The van der Waals surface area contributed by atoms with Crippen molar-refractivity contribution in [1.82, 2.24) is 5.32 Å². The first-order valence-corrected chi connectivity index (χ1v) is 7.42. The molecule has 1 rings (SSSR count). The number of hydrogen-bond acceptors (Lipinski definition) is 3. The van der Waals surface area contributed by atoms with Crippen LogP contribution in [0.2, 0.25) is 0 Å². The smallest absolute Gasteiger partial charge is 0.176 e. The highest BCUT2D eigenvalue weighted by Crippen LogP contribution is 2.23. The molecular formula is C16H26N2O2S. The molecule has 0 radical (unpaired) electrons. The molecule has 1 aromatic rings. The van der Waals surface area contributed by atoms with Crippen molar-refractivity contribution in [2.75, 3.05) is 19.5 Å². The molecule has 0 saturated carbocycles. The molecule has 21 heavy (non-hydrogen) atoms. The van der Waals surface area contributed by atoms with Gasteiger partial charge in [0.2, 0.25) is 0 Å². The van der Waals surface area contributed by atoms with Crippen LogP contribution >= 0.6 is 12.2 Å². The van der Waals surface area contributed by atoms with Crippen molar-refractivity contribution in [1.29, 1.82) is 0 Å². The van der Waals surface area contributed by atoms with E-state index in [0.29, 0.717) is 5.11 Å². The van der Waals surface area contributed by atoms with Crippen molar-refractivity contribution >= 4 is 23.0 Å². The van der Waals surface area contributed by atoms with Crippen LogP contribution in [0.25, 0.3) is 0 Å². The normalized spacial score (nSPS) is 13.1. The highest BCUT2D eigenvalue weighted by molar-refractivity contribution is 7.80. The third kappa shape index (κ3) is 5.61. The molecular weight excluding hydrogens is 284 g/mol. The van der Waals surface area contributed by atoms with Crippen molar-refractivity contribution in [2.24, 2.45) is 0 Å². The van der Waals surface area contributed by atoms with Gasteiger partial charge in [-0.25, -0.2) is 0 Å². The zero-order chi connectivity index (χ0) is 16.0. The number of nitrogens with one attached hydrogen (secondary N) is 2. The van der Waals surface area contributed by atoms with Gasteiger partial charge in [0.05, 0.1) is 6.04 Å². The molecule has 0 aliphatic carbocycles. The molecule has 0 amide bonds. The Morgan fingerprint density at radius 1 is 1.10 bits per heavy atom. The van der Waals surface area contributed by atoms with Crippen LogP contribution in [-0.2, 0) is 14.9 Å². The van der Waals surface area contributed by atoms with Gasteiger partial charge in [-0.05, 0) is 42.3 Å². The lowest BCUT2D eigenvalue weighted by Gasteiger charge is -2.24. The second-order valence-electron chi connectivity index (χ2n) is 6.05. The monoisotopic (exact) mass is 310 g/mol. The van der Waals surface area contributed by atoms with Gasteiger partial charge in [-0.3, -0.25) is 0 Å². The molecule has 0 heterocycles. The summed E-state index contributed by atoms with van der Waals surface area (Å²) >= 11 is 5.30. The lowest BCUT2D eigenvalue weighted by molar-refractivity contribution is -0.116. The second kappa shape index (κ2) is 7.73. The summed E-state index contributed by atoms with van der Waals surface area (Å²) in [7, 11) is 3.21. The summed E-state index contributed by atoms with van der Waals surface area (Å²) in [6.45, 7) is 8.53. The van der Waals surface area contributed by atoms with Crippen LogP contribution in [-0.4, -0.2) is 31.7 Å². The van der Waals surface area contributed by atoms with Crippen LogP contribution < -0.4 is 10.6 Å². The first kappa shape index (κ1) is 17.9. The van der Waals surface area contributed by atoms with Crippen LogP contribution in [0.4, 0.5) is 5.69 Å². The van der Waals surface area contributed by atoms with Crippen molar-refractivity contribution < 1.29 is 9.47 Å². The number of ether oxygens (including phenoxy) is 2. The maximum Gasteiger partial charge on any atom is 0.176 e. The molecule has 0 aliphatic heterocycles. The third-order valence-electron chi connectivity index (χ3n) is 3.24. The molecule has 2 N–H and O–H groups in total. The summed E-state index contributed by atoms with van der Waals surface area (Å²) in [5.41, 5.74) is 2.40. The van der Waals surface area contributed by atoms with Gasteiger partial charge < -0.3 is 20.1 Å². The maximum atomic E-state index is 5.30. The number of benzene rings is 1. The molecule has 1 aromatic carbocycles. The zero-order valence-corrected chi connectivity index (χ0v) is 14.5. The van der Waals surface area contributed by atoms with E-state index in [2.05, 4.69) is 43.5 Å². The first-order valence-electron chi connectivity index (χ1n) is 7.01. The molecule has 0 saturated heterocycles. The Bertz CT molecular complexity index is 450. The van der Waals surface area contributed by atoms with Gasteiger partial charge in [-0.15, -0.1) is 0 Å². The molecule has 0 fully saturated rings. The lowest BCUT2D eigenvalue weighted by atomic mass is 9.87. The van der Waals surface area contributed by atoms with E-state index in [-0.39, 0.29) is 17.7 Å². The second-order valence-corrected chi connectivity index (χ2v) is 6.46. The van der Waals surface area contributed by atoms with Crippen molar-refractivity contribution in [2.45, 2.75) is 45.4 Å². The Labute approximate surface area is 133 Å². The van der Waals surface area contributed by atoms with E-state index in [4.69, 9.17) is 21.7 Å². The van der Waals surface area contributed by atoms with E-state index in [1.165, 1.54) is 5.56 Å². The van der Waals surface area contributed by atoms with Crippen LogP contribution in [0, 0.1) is 0 Å². The van der Waals surface area contributed by atoms with E-state index in [1.54, 1.807) is 14.2 Å². The number of rotatable bonds is 5. The summed E-state index contributed by atoms with van der Waals surface area (Å²) in [6.07, 6.45) is -0.340. The molecule has 5 heteroatoms. The van der Waals surface area contributed by atoms with Crippen LogP contribution in [0.15, 0.2) is 24.3 Å². The van der Waals surface area contributed by atoms with E-state index >= 15 is 0 Å². The molecule has 1 unspecified atom stereocenters. The van der Waals surface area contributed by atoms with Gasteiger partial charge >= 0.3 is 0 Å². The largest absolute Gasteiger partial charge is 0.355 e. The Kier molecular flexibility index (Phi) is 6.58. The fraction of sp³-hybridized carbons (Fsp3) is 0.562. The van der Waals surface area contributed by atoms with Crippen LogP contribution in [0.3, 0.4) is 0 Å². The average molecular weight is 310 g/mol. The summed E-state index contributed by atoms with van der Waals surface area (Å²) in [5, 5.41) is 6.86. The number of hydrogen-bond donors (Lipinski definition) is 2. The first-order chi connectivity index (χ1) is 9.77. The predicted octanol–water partition coefficient (Wildman–Crippen LogP) is 3.28. The van der Waals surface area contributed by atoms with E-state index < -0.39 is 0 Å². The van der Waals surface area contributed by atoms with E-state index in [1.807, 2.05) is 19.1 Å². The average Bonchev–Trinajstić information content (AvgIpc) is 2.39. The van der Waals surface area contributed by atoms with Gasteiger partial charge in [-0.1, -0.05) is 32.9 Å². The summed E-state index contributed by atoms with van der Waals surface area (Å²) in [6, 6.07) is 8.24. The predicted molar refractivity (Wildman–Crippen MR) is 91.8 cm³/mol. The van der Waals surface area contributed by atoms with Crippen LogP contribution in [0.5, 0.6) is 0 Å². The van der Waals surface area contributed by atoms with Crippen molar-refractivity contribution in [3.8, 4) is 0 Å². The van der Waals surface area contributed by atoms with E-state index in [9.17, 15) is 0 Å². The molecule has 0 spiro atoms. The zero-order valence-electron chi connectivity index (χ0n) is 13.7. The fourth-order valence-corrected chi connectivity index (χ4v) is 2.30. The number of anilines is 1. The number of thiocarbonyl (C=S) groups is 1. The fourth-order valence-electron chi connectivity index (χ4n) is 2.00. The Balaban J connectivity index is 2.59. The third-order valence-corrected chi connectivity index (χ3v) is 3.46. The summed E-state index contributed by atoms with van der Waals surface area (Å²) < 4.78 is 10.4. The van der Waals surface area contributed by atoms with Crippen molar-refractivity contribution in [3.05, 3.63) is 29.8 Å². The Morgan fingerprint density at radius 2 is 1.62 bits per heavy atom. The molecule has 0 bridgehead atoms. The molecule has 0 aliphatic rings. The number of methoxy groups -OCH3 is 2. The molecule has 118 valence electrons. The van der Waals surface area contributed by atoms with Gasteiger partial charge in [0, 0.05) is 19.9 Å². The highest BCUT2D eigenvalue weighted by atomic mass is 32.1. The quantitative estimate of drug-likeness (QED) is 0.645. The van der Waals surface area contributed by atoms with E-state index in [0.717, 1.165) is 5.69 Å². The van der Waals surface area contributed by atoms with Gasteiger partial charge in [0.1, 0.15) is 0 Å².